The van der Waals surface area contributed by atoms with Gasteiger partial charge in [0.15, 0.2) is 0 Å². The first-order valence-corrected chi connectivity index (χ1v) is 7.31. The smallest absolute Gasteiger partial charge is 0.480 e. The summed E-state index contributed by atoms with van der Waals surface area (Å²) in [6, 6.07) is 8.92. The highest BCUT2D eigenvalue weighted by atomic mass is 16.7. The maximum atomic E-state index is 11.6. The first kappa shape index (κ1) is 18.6. The molecule has 0 saturated carbocycles. The van der Waals surface area contributed by atoms with Crippen molar-refractivity contribution in [2.75, 3.05) is 0 Å². The van der Waals surface area contributed by atoms with Gasteiger partial charge in [0.05, 0.1) is 0 Å². The van der Waals surface area contributed by atoms with Crippen molar-refractivity contribution >= 4 is 18.1 Å². The topological polar surface area (TPSA) is 116 Å². The molecule has 1 aromatic carbocycles. The van der Waals surface area contributed by atoms with Crippen LogP contribution in [0, 0.1) is 0 Å². The van der Waals surface area contributed by atoms with Gasteiger partial charge in [-0.25, -0.2) is 4.79 Å². The minimum absolute atomic E-state index is 0.0151. The predicted molar refractivity (Wildman–Crippen MR) is 81.4 cm³/mol. The van der Waals surface area contributed by atoms with Crippen molar-refractivity contribution in [3.63, 3.8) is 0 Å². The van der Waals surface area contributed by atoms with E-state index in [1.165, 1.54) is 0 Å². The predicted octanol–water partition coefficient (Wildman–Crippen LogP) is 2.23. The average Bonchev–Trinajstić information content (AvgIpc) is 2.52. The Hall–Kier alpha value is -2.41. The van der Waals surface area contributed by atoms with Gasteiger partial charge in [-0.3, -0.25) is 9.59 Å². The second-order valence-electron chi connectivity index (χ2n) is 5.21. The first-order valence-electron chi connectivity index (χ1n) is 7.31. The number of carbonyl (C=O) groups is 3. The van der Waals surface area contributed by atoms with Crippen molar-refractivity contribution in [1.82, 2.24) is 0 Å². The second kappa shape index (κ2) is 8.89. The number of hydrogen-bond donors (Lipinski definition) is 2. The molecular formula is C16H21NO6. The molecule has 7 nitrogen and oxygen atoms in total. The van der Waals surface area contributed by atoms with E-state index >= 15 is 0 Å². The molecule has 0 radical (unpaired) electrons. The van der Waals surface area contributed by atoms with Crippen LogP contribution in [0.3, 0.4) is 0 Å². The molecule has 0 spiro atoms. The maximum Gasteiger partial charge on any atom is 0.516 e. The Labute approximate surface area is 134 Å². The zero-order chi connectivity index (χ0) is 17.3. The molecule has 0 amide bonds. The Morgan fingerprint density at radius 1 is 1.17 bits per heavy atom. The molecular weight excluding hydrogens is 302 g/mol. The molecule has 1 rings (SSSR count). The molecule has 0 aliphatic carbocycles. The van der Waals surface area contributed by atoms with Crippen LogP contribution in [-0.2, 0) is 25.7 Å². The summed E-state index contributed by atoms with van der Waals surface area (Å²) in [5, 5.41) is 9.10. The van der Waals surface area contributed by atoms with Crippen LogP contribution in [0.2, 0.25) is 0 Å². The van der Waals surface area contributed by atoms with E-state index in [-0.39, 0.29) is 25.9 Å². The molecule has 0 heterocycles. The Kier molecular flexibility index (Phi) is 7.21. The fourth-order valence-corrected chi connectivity index (χ4v) is 2.00. The highest BCUT2D eigenvalue weighted by molar-refractivity contribution is 5.83. The summed E-state index contributed by atoms with van der Waals surface area (Å²) in [6.07, 6.45) is -0.706. The highest BCUT2D eigenvalue weighted by Gasteiger charge is 2.33. The van der Waals surface area contributed by atoms with Crippen LogP contribution < -0.4 is 5.73 Å². The van der Waals surface area contributed by atoms with Crippen molar-refractivity contribution < 1.29 is 29.0 Å². The number of esters is 1. The molecule has 0 fully saturated rings. The van der Waals surface area contributed by atoms with Crippen molar-refractivity contribution in [1.29, 1.82) is 0 Å². The lowest BCUT2D eigenvalue weighted by molar-refractivity contribution is -0.145. The number of nitrogens with two attached hydrogens (primary N) is 1. The van der Waals surface area contributed by atoms with Crippen LogP contribution in [0.4, 0.5) is 4.79 Å². The minimum atomic E-state index is -1.50. The molecule has 7 heteroatoms. The summed E-state index contributed by atoms with van der Waals surface area (Å²) in [5.74, 6) is -2.05. The summed E-state index contributed by atoms with van der Waals surface area (Å²) >= 11 is 0. The van der Waals surface area contributed by atoms with Crippen LogP contribution >= 0.6 is 0 Å². The number of carboxylic acid groups (broad SMARTS) is 1. The van der Waals surface area contributed by atoms with Gasteiger partial charge >= 0.3 is 18.1 Å². The molecule has 0 unspecified atom stereocenters. The SMILES string of the molecule is CCC[C@](N)(CCC(=O)OC(=O)OCc1ccccc1)C(=O)O. The van der Waals surface area contributed by atoms with E-state index in [1.807, 2.05) is 6.07 Å². The number of benzene rings is 1. The summed E-state index contributed by atoms with van der Waals surface area (Å²) in [4.78, 5) is 34.1. The Bertz CT molecular complexity index is 545. The van der Waals surface area contributed by atoms with E-state index in [0.717, 1.165) is 5.56 Å². The molecule has 1 atom stereocenters. The van der Waals surface area contributed by atoms with E-state index in [0.29, 0.717) is 6.42 Å². The van der Waals surface area contributed by atoms with Crippen LogP contribution in [-0.4, -0.2) is 28.7 Å². The monoisotopic (exact) mass is 323 g/mol. The number of hydrogen-bond acceptors (Lipinski definition) is 6. The third kappa shape index (κ3) is 6.48. The Balaban J connectivity index is 2.38. The van der Waals surface area contributed by atoms with Crippen molar-refractivity contribution in [2.45, 2.75) is 44.8 Å². The van der Waals surface area contributed by atoms with Crippen LogP contribution in [0.25, 0.3) is 0 Å². The van der Waals surface area contributed by atoms with Gasteiger partial charge in [-0.15, -0.1) is 0 Å². The van der Waals surface area contributed by atoms with E-state index in [4.69, 9.17) is 15.6 Å². The van der Waals surface area contributed by atoms with Crippen LogP contribution in [0.15, 0.2) is 30.3 Å². The molecule has 3 N–H and O–H groups in total. The number of carbonyl (C=O) groups excluding carboxylic acids is 2. The lowest BCUT2D eigenvalue weighted by Crippen LogP contribution is -2.48. The molecule has 0 aromatic heterocycles. The highest BCUT2D eigenvalue weighted by Crippen LogP contribution is 2.17. The molecule has 0 saturated heterocycles. The fourth-order valence-electron chi connectivity index (χ4n) is 2.00. The van der Waals surface area contributed by atoms with E-state index in [1.54, 1.807) is 31.2 Å². The molecule has 1 aromatic rings. The summed E-state index contributed by atoms with van der Waals surface area (Å²) in [7, 11) is 0. The quantitative estimate of drug-likeness (QED) is 0.556. The van der Waals surface area contributed by atoms with Crippen molar-refractivity contribution in [3.05, 3.63) is 35.9 Å². The second-order valence-corrected chi connectivity index (χ2v) is 5.21. The van der Waals surface area contributed by atoms with Gasteiger partial charge in [0.2, 0.25) is 0 Å². The molecule has 0 aliphatic rings. The van der Waals surface area contributed by atoms with Gasteiger partial charge in [-0.05, 0) is 18.4 Å². The number of carboxylic acids is 1. The molecule has 126 valence electrons. The molecule has 0 bridgehead atoms. The third-order valence-corrected chi connectivity index (χ3v) is 3.29. The normalized spacial score (nSPS) is 13.0. The van der Waals surface area contributed by atoms with E-state index in [9.17, 15) is 14.4 Å². The van der Waals surface area contributed by atoms with Crippen LogP contribution in [0.1, 0.15) is 38.2 Å². The number of ether oxygens (including phenoxy) is 2. The molecule has 0 aliphatic heterocycles. The third-order valence-electron chi connectivity index (χ3n) is 3.29. The first-order chi connectivity index (χ1) is 10.9. The van der Waals surface area contributed by atoms with E-state index < -0.39 is 23.6 Å². The standard InChI is InChI=1S/C16H21NO6/c1-2-9-16(17,14(19)20)10-8-13(18)23-15(21)22-11-12-6-4-3-5-7-12/h3-7H,2,8-11,17H2,1H3,(H,19,20)/t16-/m0/s1. The van der Waals surface area contributed by atoms with Gasteiger partial charge in [-0.1, -0.05) is 43.7 Å². The molecule has 23 heavy (non-hydrogen) atoms. The van der Waals surface area contributed by atoms with Gasteiger partial charge < -0.3 is 20.3 Å². The van der Waals surface area contributed by atoms with Crippen molar-refractivity contribution in [2.24, 2.45) is 5.73 Å². The van der Waals surface area contributed by atoms with E-state index in [2.05, 4.69) is 4.74 Å². The Morgan fingerprint density at radius 3 is 2.39 bits per heavy atom. The van der Waals surface area contributed by atoms with Crippen LogP contribution in [0.5, 0.6) is 0 Å². The zero-order valence-corrected chi connectivity index (χ0v) is 13.0. The number of aliphatic carboxylic acids is 1. The van der Waals surface area contributed by atoms with Gasteiger partial charge in [0, 0.05) is 6.42 Å². The largest absolute Gasteiger partial charge is 0.516 e. The minimum Gasteiger partial charge on any atom is -0.480 e. The summed E-state index contributed by atoms with van der Waals surface area (Å²) in [6.45, 7) is 1.78. The summed E-state index contributed by atoms with van der Waals surface area (Å²) in [5.41, 5.74) is 5.00. The Morgan fingerprint density at radius 2 is 1.83 bits per heavy atom. The zero-order valence-electron chi connectivity index (χ0n) is 13.0. The fraction of sp³-hybridized carbons (Fsp3) is 0.438. The van der Waals surface area contributed by atoms with Gasteiger partial charge in [-0.2, -0.15) is 0 Å². The number of rotatable bonds is 8. The van der Waals surface area contributed by atoms with Crippen molar-refractivity contribution in [3.8, 4) is 0 Å². The summed E-state index contributed by atoms with van der Waals surface area (Å²) < 4.78 is 9.27. The lowest BCUT2D eigenvalue weighted by atomic mass is 9.90. The maximum absolute atomic E-state index is 11.6. The van der Waals surface area contributed by atoms with Gasteiger partial charge in [0.1, 0.15) is 12.1 Å². The van der Waals surface area contributed by atoms with Gasteiger partial charge in [0.25, 0.3) is 0 Å². The lowest BCUT2D eigenvalue weighted by Gasteiger charge is -2.23. The average molecular weight is 323 g/mol.